The second-order valence-corrected chi connectivity index (χ2v) is 8.51. The number of hydrogen-bond donors (Lipinski definition) is 0. The predicted octanol–water partition coefficient (Wildman–Crippen LogP) is 3.64. The molecule has 0 N–H and O–H groups in total. The van der Waals surface area contributed by atoms with E-state index in [9.17, 15) is 14.7 Å². The second kappa shape index (κ2) is 6.81. The van der Waals surface area contributed by atoms with E-state index in [-0.39, 0.29) is 12.3 Å². The highest BCUT2D eigenvalue weighted by atomic mass is 31.2. The van der Waals surface area contributed by atoms with Gasteiger partial charge in [-0.15, -0.1) is 0 Å². The molecule has 0 radical (unpaired) electrons. The fourth-order valence-corrected chi connectivity index (χ4v) is 4.76. The summed E-state index contributed by atoms with van der Waals surface area (Å²) in [7, 11) is -2.96. The summed E-state index contributed by atoms with van der Waals surface area (Å²) in [5, 5.41) is 11.1. The summed E-state index contributed by atoms with van der Waals surface area (Å²) >= 11 is 0. The summed E-state index contributed by atoms with van der Waals surface area (Å²) in [6, 6.07) is 13.4. The van der Waals surface area contributed by atoms with Gasteiger partial charge in [-0.25, -0.2) is 9.34 Å². The summed E-state index contributed by atoms with van der Waals surface area (Å²) < 4.78 is 28.3. The van der Waals surface area contributed by atoms with Gasteiger partial charge in [-0.1, -0.05) is 18.2 Å². The van der Waals surface area contributed by atoms with E-state index in [1.54, 1.807) is 18.2 Å². The third-order valence-corrected chi connectivity index (χ3v) is 6.88. The largest absolute Gasteiger partial charge is 0.457 e. The van der Waals surface area contributed by atoms with Crippen LogP contribution in [-0.4, -0.2) is 40.4 Å². The highest BCUT2D eigenvalue weighted by molar-refractivity contribution is 7.54. The molecule has 0 spiro atoms. The van der Waals surface area contributed by atoms with Crippen LogP contribution in [0.15, 0.2) is 48.5 Å². The van der Waals surface area contributed by atoms with Gasteiger partial charge in [0.15, 0.2) is 0 Å². The van der Waals surface area contributed by atoms with Gasteiger partial charge >= 0.3 is 7.67 Å². The fraction of sp³-hybridized carbons (Fsp3) is 0.294. The standard InChI is InChI=1S/C17H18N3O5P/c21-20(22)15-7-6-14(17(12-15)25-16-4-2-1-3-5-16)13-24-26(23,18-8-9-18)19-10-11-19/h1-7,12H,8-11,13H2. The molecule has 8 nitrogen and oxygen atoms in total. The van der Waals surface area contributed by atoms with Gasteiger partial charge in [0.1, 0.15) is 11.5 Å². The Morgan fingerprint density at radius 2 is 1.69 bits per heavy atom. The van der Waals surface area contributed by atoms with Gasteiger partial charge < -0.3 is 9.26 Å². The molecule has 26 heavy (non-hydrogen) atoms. The minimum atomic E-state index is -2.96. The van der Waals surface area contributed by atoms with Gasteiger partial charge in [0.05, 0.1) is 17.6 Å². The van der Waals surface area contributed by atoms with Crippen molar-refractivity contribution in [1.29, 1.82) is 0 Å². The normalized spacial score (nSPS) is 17.1. The van der Waals surface area contributed by atoms with Crippen LogP contribution >= 0.6 is 7.67 Å². The van der Waals surface area contributed by atoms with E-state index in [0.717, 1.165) is 26.2 Å². The highest BCUT2D eigenvalue weighted by Crippen LogP contribution is 2.61. The minimum Gasteiger partial charge on any atom is -0.457 e. The van der Waals surface area contributed by atoms with E-state index in [0.29, 0.717) is 17.1 Å². The van der Waals surface area contributed by atoms with Crippen LogP contribution in [0.3, 0.4) is 0 Å². The lowest BCUT2D eigenvalue weighted by Crippen LogP contribution is -2.08. The van der Waals surface area contributed by atoms with Crippen molar-refractivity contribution in [1.82, 2.24) is 9.34 Å². The van der Waals surface area contributed by atoms with Crippen molar-refractivity contribution in [2.75, 3.05) is 26.2 Å². The fourth-order valence-electron chi connectivity index (χ4n) is 2.58. The molecule has 2 aliphatic heterocycles. The molecule has 0 bridgehead atoms. The van der Waals surface area contributed by atoms with Crippen LogP contribution < -0.4 is 4.74 Å². The topological polar surface area (TPSA) is 84.7 Å². The van der Waals surface area contributed by atoms with Crippen molar-refractivity contribution in [3.63, 3.8) is 0 Å². The van der Waals surface area contributed by atoms with Crippen LogP contribution in [0.1, 0.15) is 5.56 Å². The molecule has 0 atom stereocenters. The third-order valence-electron chi connectivity index (χ3n) is 4.18. The highest BCUT2D eigenvalue weighted by Gasteiger charge is 2.49. The molecule has 2 aromatic rings. The SMILES string of the molecule is O=[N+]([O-])c1ccc(COP(=O)(N2CC2)N2CC2)c(Oc2ccccc2)c1. The van der Waals surface area contributed by atoms with Crippen LogP contribution in [0, 0.1) is 10.1 Å². The average Bonchev–Trinajstić information content (AvgIpc) is 3.52. The predicted molar refractivity (Wildman–Crippen MR) is 95.2 cm³/mol. The van der Waals surface area contributed by atoms with Gasteiger partial charge in [-0.2, -0.15) is 0 Å². The van der Waals surface area contributed by atoms with Crippen LogP contribution in [0.25, 0.3) is 0 Å². The first kappa shape index (κ1) is 17.2. The molecule has 4 rings (SSSR count). The lowest BCUT2D eigenvalue weighted by molar-refractivity contribution is -0.384. The Bertz CT molecular complexity index is 852. The van der Waals surface area contributed by atoms with Crippen molar-refractivity contribution in [2.24, 2.45) is 0 Å². The minimum absolute atomic E-state index is 0.0600. The lowest BCUT2D eigenvalue weighted by Gasteiger charge is -2.20. The van der Waals surface area contributed by atoms with Crippen LogP contribution in [0.2, 0.25) is 0 Å². The molecule has 0 unspecified atom stereocenters. The van der Waals surface area contributed by atoms with E-state index in [4.69, 9.17) is 9.26 Å². The molecule has 2 heterocycles. The van der Waals surface area contributed by atoms with Gasteiger partial charge in [0, 0.05) is 37.8 Å². The Morgan fingerprint density at radius 3 is 2.27 bits per heavy atom. The summed E-state index contributed by atoms with van der Waals surface area (Å²) in [4.78, 5) is 10.6. The van der Waals surface area contributed by atoms with Gasteiger partial charge in [0.2, 0.25) is 0 Å². The number of nitro benzene ring substituents is 1. The maximum absolute atomic E-state index is 13.0. The number of hydrogen-bond acceptors (Lipinski definition) is 5. The zero-order valence-corrected chi connectivity index (χ0v) is 14.9. The molecule has 9 heteroatoms. The molecule has 2 fully saturated rings. The number of nitro groups is 1. The van der Waals surface area contributed by atoms with E-state index in [1.165, 1.54) is 12.1 Å². The Labute approximate surface area is 150 Å². The first-order valence-electron chi connectivity index (χ1n) is 8.32. The first-order chi connectivity index (χ1) is 12.6. The van der Waals surface area contributed by atoms with Crippen molar-refractivity contribution in [3.05, 3.63) is 64.2 Å². The molecule has 2 saturated heterocycles. The molecule has 2 aliphatic rings. The molecule has 2 aromatic carbocycles. The molecular weight excluding hydrogens is 357 g/mol. The van der Waals surface area contributed by atoms with Crippen molar-refractivity contribution >= 4 is 13.4 Å². The summed E-state index contributed by atoms with van der Waals surface area (Å²) in [6.45, 7) is 3.12. The zero-order valence-electron chi connectivity index (χ0n) is 14.0. The smallest absolute Gasteiger partial charge is 0.346 e. The molecule has 0 aliphatic carbocycles. The quantitative estimate of drug-likeness (QED) is 0.301. The van der Waals surface area contributed by atoms with Crippen molar-refractivity contribution in [3.8, 4) is 11.5 Å². The van der Waals surface area contributed by atoms with E-state index >= 15 is 0 Å². The van der Waals surface area contributed by atoms with E-state index in [2.05, 4.69) is 0 Å². The number of benzene rings is 2. The maximum Gasteiger partial charge on any atom is 0.346 e. The van der Waals surface area contributed by atoms with Crippen molar-refractivity contribution in [2.45, 2.75) is 6.61 Å². The van der Waals surface area contributed by atoms with Crippen LogP contribution in [0.4, 0.5) is 5.69 Å². The lowest BCUT2D eigenvalue weighted by atomic mass is 10.2. The third kappa shape index (κ3) is 3.64. The Kier molecular flexibility index (Phi) is 4.50. The maximum atomic E-state index is 13.0. The number of para-hydroxylation sites is 1. The number of rotatable bonds is 8. The van der Waals surface area contributed by atoms with Gasteiger partial charge in [-0.3, -0.25) is 14.7 Å². The molecular formula is C17H18N3O5P. The first-order valence-corrected chi connectivity index (χ1v) is 9.85. The Hall–Kier alpha value is -2.25. The summed E-state index contributed by atoms with van der Waals surface area (Å²) in [6.07, 6.45) is 0. The number of nitrogens with zero attached hydrogens (tertiary/aromatic N) is 3. The molecule has 0 amide bonds. The van der Waals surface area contributed by atoms with Gasteiger partial charge in [-0.05, 0) is 18.2 Å². The van der Waals surface area contributed by atoms with Crippen LogP contribution in [-0.2, 0) is 15.7 Å². The number of ether oxygens (including phenoxy) is 1. The average molecular weight is 375 g/mol. The molecule has 0 aromatic heterocycles. The summed E-state index contributed by atoms with van der Waals surface area (Å²) in [5.74, 6) is 0.892. The van der Waals surface area contributed by atoms with E-state index < -0.39 is 12.6 Å². The molecule has 136 valence electrons. The second-order valence-electron chi connectivity index (χ2n) is 6.14. The van der Waals surface area contributed by atoms with Crippen LogP contribution in [0.5, 0.6) is 11.5 Å². The zero-order chi connectivity index (χ0) is 18.1. The Morgan fingerprint density at radius 1 is 1.04 bits per heavy atom. The van der Waals surface area contributed by atoms with Crippen molar-refractivity contribution < 1.29 is 18.7 Å². The van der Waals surface area contributed by atoms with E-state index in [1.807, 2.05) is 27.5 Å². The monoisotopic (exact) mass is 375 g/mol. The molecule has 0 saturated carbocycles. The Balaban J connectivity index is 1.58. The van der Waals surface area contributed by atoms with Gasteiger partial charge in [0.25, 0.3) is 5.69 Å². The number of non-ortho nitro benzene ring substituents is 1. The summed E-state index contributed by atoms with van der Waals surface area (Å²) in [5.41, 5.74) is 0.545.